The average Bonchev–Trinajstić information content (AvgIpc) is 2.73. The molecule has 0 amide bonds. The minimum absolute atomic E-state index is 0.0342. The van der Waals surface area contributed by atoms with Crippen LogP contribution in [0.4, 0.5) is 0 Å². The highest BCUT2D eigenvalue weighted by atomic mass is 32.1. The number of rotatable bonds is 4. The van der Waals surface area contributed by atoms with Gasteiger partial charge in [0, 0.05) is 23.5 Å². The molecule has 1 aromatic heterocycles. The fourth-order valence-corrected chi connectivity index (χ4v) is 2.44. The first kappa shape index (κ1) is 13.7. The highest BCUT2D eigenvalue weighted by Gasteiger charge is 2.09. The van der Waals surface area contributed by atoms with Crippen molar-refractivity contribution in [3.63, 3.8) is 0 Å². The van der Waals surface area contributed by atoms with Gasteiger partial charge in [-0.1, -0.05) is 11.8 Å². The molecule has 1 atom stereocenters. The molecule has 0 spiro atoms. The van der Waals surface area contributed by atoms with Gasteiger partial charge in [0.1, 0.15) is 6.61 Å². The van der Waals surface area contributed by atoms with Crippen molar-refractivity contribution in [2.45, 2.75) is 13.5 Å². The number of aliphatic hydroxyl groups excluding tert-OH is 1. The van der Waals surface area contributed by atoms with E-state index in [4.69, 9.17) is 10.4 Å². The van der Waals surface area contributed by atoms with Gasteiger partial charge in [-0.15, -0.1) is 11.3 Å². The Balaban J connectivity index is 2.63. The lowest BCUT2D eigenvalue weighted by atomic mass is 10.2. The Labute approximate surface area is 106 Å². The van der Waals surface area contributed by atoms with Crippen LogP contribution in [0.5, 0.6) is 0 Å². The van der Waals surface area contributed by atoms with Crippen LogP contribution >= 0.6 is 11.3 Å². The monoisotopic (exact) mass is 248 g/mol. The van der Waals surface area contributed by atoms with E-state index in [1.54, 1.807) is 11.3 Å². The summed E-state index contributed by atoms with van der Waals surface area (Å²) in [5.74, 6) is 5.63. The zero-order chi connectivity index (χ0) is 12.7. The van der Waals surface area contributed by atoms with Crippen LogP contribution in [0.25, 0.3) is 0 Å². The highest BCUT2D eigenvalue weighted by Crippen LogP contribution is 2.18. The molecule has 3 nitrogen and oxygen atoms in total. The van der Waals surface area contributed by atoms with E-state index in [1.807, 2.05) is 25.4 Å². The van der Waals surface area contributed by atoms with Crippen molar-refractivity contribution in [2.75, 3.05) is 20.2 Å². The molecule has 1 aromatic rings. The van der Waals surface area contributed by atoms with Gasteiger partial charge in [-0.05, 0) is 25.4 Å². The van der Waals surface area contributed by atoms with Gasteiger partial charge >= 0.3 is 0 Å². The summed E-state index contributed by atoms with van der Waals surface area (Å²) in [6, 6.07) is 4.19. The Morgan fingerprint density at radius 1 is 1.59 bits per heavy atom. The molecule has 0 fully saturated rings. The minimum Gasteiger partial charge on any atom is -0.384 e. The van der Waals surface area contributed by atoms with Gasteiger partial charge in [0.25, 0.3) is 0 Å². The Morgan fingerprint density at radius 2 is 2.35 bits per heavy atom. The molecule has 1 unspecified atom stereocenters. The zero-order valence-corrected chi connectivity index (χ0v) is 10.9. The van der Waals surface area contributed by atoms with Crippen LogP contribution in [0.1, 0.15) is 17.4 Å². The van der Waals surface area contributed by atoms with Crippen molar-refractivity contribution < 1.29 is 5.11 Å². The largest absolute Gasteiger partial charge is 0.384 e. The predicted molar refractivity (Wildman–Crippen MR) is 69.4 cm³/mol. The molecular formula is C13H16N2OS. The summed E-state index contributed by atoms with van der Waals surface area (Å²) < 4.78 is 0. The standard InChI is InChI=1S/C13H16N2OS/c1-11(8-14)9-15(2)10-13-12(4-3-6-16)5-7-17-13/h5,7,11,16H,6,9-10H2,1-2H3. The van der Waals surface area contributed by atoms with Gasteiger partial charge in [0.2, 0.25) is 0 Å². The second kappa shape index (κ2) is 7.09. The van der Waals surface area contributed by atoms with Crippen molar-refractivity contribution in [2.24, 2.45) is 5.92 Å². The topological polar surface area (TPSA) is 47.3 Å². The Bertz CT molecular complexity index is 450. The maximum absolute atomic E-state index is 8.76. The van der Waals surface area contributed by atoms with E-state index >= 15 is 0 Å². The first-order chi connectivity index (χ1) is 8.17. The fraction of sp³-hybridized carbons (Fsp3) is 0.462. The summed E-state index contributed by atoms with van der Waals surface area (Å²) in [5.41, 5.74) is 0.973. The van der Waals surface area contributed by atoms with Crippen molar-refractivity contribution in [1.82, 2.24) is 4.90 Å². The van der Waals surface area contributed by atoms with Crippen molar-refractivity contribution in [3.05, 3.63) is 21.9 Å². The molecule has 17 heavy (non-hydrogen) atoms. The van der Waals surface area contributed by atoms with Crippen LogP contribution in [-0.4, -0.2) is 30.2 Å². The van der Waals surface area contributed by atoms with Gasteiger partial charge in [-0.25, -0.2) is 0 Å². The average molecular weight is 248 g/mol. The third-order valence-corrected chi connectivity index (χ3v) is 3.17. The Hall–Kier alpha value is -1.33. The number of aliphatic hydroxyl groups is 1. The van der Waals surface area contributed by atoms with Gasteiger partial charge in [0.15, 0.2) is 0 Å². The highest BCUT2D eigenvalue weighted by molar-refractivity contribution is 7.10. The van der Waals surface area contributed by atoms with Gasteiger partial charge in [-0.3, -0.25) is 4.90 Å². The molecule has 0 bridgehead atoms. The molecule has 0 saturated heterocycles. The van der Waals surface area contributed by atoms with E-state index in [0.717, 1.165) is 18.7 Å². The van der Waals surface area contributed by atoms with Crippen LogP contribution in [0.15, 0.2) is 11.4 Å². The third-order valence-electron chi connectivity index (χ3n) is 2.27. The van der Waals surface area contributed by atoms with Crippen molar-refractivity contribution >= 4 is 11.3 Å². The summed E-state index contributed by atoms with van der Waals surface area (Å²) in [7, 11) is 2.00. The van der Waals surface area contributed by atoms with Crippen LogP contribution in [0, 0.1) is 29.1 Å². The fourth-order valence-electron chi connectivity index (χ4n) is 1.53. The van der Waals surface area contributed by atoms with E-state index in [9.17, 15) is 0 Å². The molecule has 0 saturated carbocycles. The molecule has 1 heterocycles. The predicted octanol–water partition coefficient (Wildman–Crippen LogP) is 1.68. The number of hydrogen-bond acceptors (Lipinski definition) is 4. The second-order valence-corrected chi connectivity index (χ2v) is 4.94. The van der Waals surface area contributed by atoms with Gasteiger partial charge < -0.3 is 5.11 Å². The summed E-state index contributed by atoms with van der Waals surface area (Å²) in [4.78, 5) is 3.29. The number of thiophene rings is 1. The van der Waals surface area contributed by atoms with Crippen molar-refractivity contribution in [3.8, 4) is 17.9 Å². The van der Waals surface area contributed by atoms with Gasteiger partial charge in [-0.2, -0.15) is 5.26 Å². The van der Waals surface area contributed by atoms with E-state index in [2.05, 4.69) is 22.8 Å². The molecule has 1 rings (SSSR count). The molecule has 0 aliphatic carbocycles. The lowest BCUT2D eigenvalue weighted by molar-refractivity contribution is 0.305. The lowest BCUT2D eigenvalue weighted by Crippen LogP contribution is -2.23. The maximum atomic E-state index is 8.76. The zero-order valence-electron chi connectivity index (χ0n) is 10.1. The molecule has 0 aromatic carbocycles. The van der Waals surface area contributed by atoms with Crippen LogP contribution < -0.4 is 0 Å². The SMILES string of the molecule is CC(C#N)CN(C)Cc1sccc1C#CCO. The first-order valence-electron chi connectivity index (χ1n) is 5.41. The number of nitriles is 1. The third kappa shape index (κ3) is 4.58. The second-order valence-electron chi connectivity index (χ2n) is 3.94. The Morgan fingerprint density at radius 3 is 3.00 bits per heavy atom. The van der Waals surface area contributed by atoms with E-state index in [0.29, 0.717) is 0 Å². The van der Waals surface area contributed by atoms with Gasteiger partial charge in [0.05, 0.1) is 12.0 Å². The maximum Gasteiger partial charge on any atom is 0.104 e. The molecule has 1 N–H and O–H groups in total. The quantitative estimate of drug-likeness (QED) is 0.825. The summed E-state index contributed by atoms with van der Waals surface area (Å²) in [6.07, 6.45) is 0. The summed E-state index contributed by atoms with van der Waals surface area (Å²) >= 11 is 1.65. The lowest BCUT2D eigenvalue weighted by Gasteiger charge is -2.16. The summed E-state index contributed by atoms with van der Waals surface area (Å²) in [6.45, 7) is 3.34. The molecule has 0 radical (unpaired) electrons. The molecular weight excluding hydrogens is 232 g/mol. The molecule has 4 heteroatoms. The van der Waals surface area contributed by atoms with E-state index < -0.39 is 0 Å². The van der Waals surface area contributed by atoms with Crippen LogP contribution in [-0.2, 0) is 6.54 Å². The summed E-state index contributed by atoms with van der Waals surface area (Å²) in [5, 5.41) is 19.4. The minimum atomic E-state index is -0.114. The smallest absolute Gasteiger partial charge is 0.104 e. The van der Waals surface area contributed by atoms with E-state index in [1.165, 1.54) is 4.88 Å². The molecule has 90 valence electrons. The molecule has 0 aliphatic heterocycles. The van der Waals surface area contributed by atoms with Crippen LogP contribution in [0.3, 0.4) is 0 Å². The number of nitrogens with zero attached hydrogens (tertiary/aromatic N) is 2. The normalized spacial score (nSPS) is 11.7. The molecule has 0 aliphatic rings. The van der Waals surface area contributed by atoms with E-state index in [-0.39, 0.29) is 12.5 Å². The van der Waals surface area contributed by atoms with Crippen LogP contribution in [0.2, 0.25) is 0 Å². The Kier molecular flexibility index (Phi) is 5.72. The first-order valence-corrected chi connectivity index (χ1v) is 6.29. The van der Waals surface area contributed by atoms with Crippen molar-refractivity contribution in [1.29, 1.82) is 5.26 Å². The number of hydrogen-bond donors (Lipinski definition) is 1.